The van der Waals surface area contributed by atoms with E-state index < -0.39 is 10.0 Å². The van der Waals surface area contributed by atoms with Crippen LogP contribution in [0.3, 0.4) is 0 Å². The maximum Gasteiger partial charge on any atom is 0.248 e. The molecule has 0 saturated heterocycles. The van der Waals surface area contributed by atoms with E-state index in [-0.39, 0.29) is 29.1 Å². The van der Waals surface area contributed by atoms with Crippen molar-refractivity contribution in [3.8, 4) is 0 Å². The van der Waals surface area contributed by atoms with E-state index in [1.807, 2.05) is 0 Å². The number of nitrogens with one attached hydrogen (secondary N) is 1. The summed E-state index contributed by atoms with van der Waals surface area (Å²) in [5, 5.41) is 6.60. The van der Waals surface area contributed by atoms with Crippen LogP contribution in [0.5, 0.6) is 0 Å². The molecule has 1 fully saturated rings. The Bertz CT molecular complexity index is 641. The minimum absolute atomic E-state index is 0.0410. The van der Waals surface area contributed by atoms with Crippen LogP contribution >= 0.6 is 0 Å². The molecule has 1 heterocycles. The van der Waals surface area contributed by atoms with Gasteiger partial charge in [-0.05, 0) is 45.4 Å². The number of sulfonamides is 1. The lowest BCUT2D eigenvalue weighted by molar-refractivity contribution is -0.122. The Labute approximate surface area is 137 Å². The summed E-state index contributed by atoms with van der Waals surface area (Å²) in [6.45, 7) is 5.12. The first-order chi connectivity index (χ1) is 10.7. The summed E-state index contributed by atoms with van der Waals surface area (Å²) in [7, 11) is -2.39. The molecule has 0 radical (unpaired) electrons. The Morgan fingerprint density at radius 1 is 1.30 bits per heavy atom. The molecule has 1 aromatic heterocycles. The first-order valence-corrected chi connectivity index (χ1v) is 9.34. The highest BCUT2D eigenvalue weighted by Gasteiger charge is 2.30. The van der Waals surface area contributed by atoms with Gasteiger partial charge in [0.1, 0.15) is 10.6 Å². The number of nitrogens with zero attached hydrogens (tertiary/aromatic N) is 2. The number of aromatic nitrogens is 1. The van der Waals surface area contributed by atoms with Crippen LogP contribution in [-0.2, 0) is 14.8 Å². The van der Waals surface area contributed by atoms with Crippen LogP contribution < -0.4 is 5.32 Å². The lowest BCUT2D eigenvalue weighted by Crippen LogP contribution is -2.43. The number of carbonyl (C=O) groups excluding carboxylic acids is 1. The minimum Gasteiger partial charge on any atom is -0.360 e. The molecular weight excluding hydrogens is 318 g/mol. The smallest absolute Gasteiger partial charge is 0.248 e. The van der Waals surface area contributed by atoms with Crippen molar-refractivity contribution in [1.82, 2.24) is 14.8 Å². The van der Waals surface area contributed by atoms with E-state index in [1.54, 1.807) is 13.8 Å². The molecule has 0 aliphatic heterocycles. The van der Waals surface area contributed by atoms with Crippen LogP contribution in [0.1, 0.15) is 44.1 Å². The van der Waals surface area contributed by atoms with E-state index in [2.05, 4.69) is 17.4 Å². The van der Waals surface area contributed by atoms with Gasteiger partial charge >= 0.3 is 0 Å². The maximum absolute atomic E-state index is 12.6. The average Bonchev–Trinajstić information content (AvgIpc) is 2.81. The highest BCUT2D eigenvalue weighted by atomic mass is 32.2. The first-order valence-electron chi connectivity index (χ1n) is 7.90. The van der Waals surface area contributed by atoms with E-state index in [1.165, 1.54) is 7.05 Å². The SMILES string of the molecule is Cc1noc(C)c1S(=O)(=O)N(C)CC(=O)NC1CCC(C)CC1. The molecule has 0 bridgehead atoms. The zero-order valence-electron chi connectivity index (χ0n) is 14.1. The summed E-state index contributed by atoms with van der Waals surface area (Å²) in [6.07, 6.45) is 4.09. The number of likely N-dealkylation sites (N-methyl/N-ethyl adjacent to an activating group) is 1. The molecule has 23 heavy (non-hydrogen) atoms. The van der Waals surface area contributed by atoms with E-state index in [4.69, 9.17) is 4.52 Å². The molecule has 8 heteroatoms. The molecule has 0 aromatic carbocycles. The third-order valence-electron chi connectivity index (χ3n) is 4.38. The predicted octanol–water partition coefficient (Wildman–Crippen LogP) is 1.61. The van der Waals surface area contributed by atoms with E-state index in [0.717, 1.165) is 30.0 Å². The first kappa shape index (κ1) is 17.9. The zero-order valence-corrected chi connectivity index (χ0v) is 14.9. The van der Waals surface area contributed by atoms with Gasteiger partial charge in [0.15, 0.2) is 5.76 Å². The van der Waals surface area contributed by atoms with Crippen molar-refractivity contribution in [2.45, 2.75) is 57.4 Å². The summed E-state index contributed by atoms with van der Waals surface area (Å²) in [4.78, 5) is 12.2. The molecule has 0 atom stereocenters. The van der Waals surface area contributed by atoms with Crippen LogP contribution in [0.15, 0.2) is 9.42 Å². The molecule has 2 rings (SSSR count). The van der Waals surface area contributed by atoms with Crippen molar-refractivity contribution in [2.24, 2.45) is 5.92 Å². The average molecular weight is 343 g/mol. The standard InChI is InChI=1S/C15H25N3O4S/c1-10-5-7-13(8-6-10)16-14(19)9-18(4)23(20,21)15-11(2)17-22-12(15)3/h10,13H,5-9H2,1-4H3,(H,16,19). The topological polar surface area (TPSA) is 92.5 Å². The monoisotopic (exact) mass is 343 g/mol. The summed E-state index contributed by atoms with van der Waals surface area (Å²) < 4.78 is 31.1. The molecule has 1 amide bonds. The lowest BCUT2D eigenvalue weighted by Gasteiger charge is -2.27. The number of amides is 1. The van der Waals surface area contributed by atoms with Gasteiger partial charge in [-0.2, -0.15) is 4.31 Å². The largest absolute Gasteiger partial charge is 0.360 e. The number of rotatable bonds is 5. The quantitative estimate of drug-likeness (QED) is 0.877. The third kappa shape index (κ3) is 4.11. The van der Waals surface area contributed by atoms with Gasteiger partial charge in [0.2, 0.25) is 15.9 Å². The minimum atomic E-state index is -3.79. The van der Waals surface area contributed by atoms with Crippen molar-refractivity contribution < 1.29 is 17.7 Å². The van der Waals surface area contributed by atoms with Gasteiger partial charge in [-0.1, -0.05) is 12.1 Å². The van der Waals surface area contributed by atoms with E-state index in [9.17, 15) is 13.2 Å². The maximum atomic E-state index is 12.6. The second-order valence-corrected chi connectivity index (χ2v) is 8.42. The van der Waals surface area contributed by atoms with Crippen molar-refractivity contribution in [3.05, 3.63) is 11.5 Å². The Kier molecular flexibility index (Phi) is 5.46. The number of hydrogen-bond donors (Lipinski definition) is 1. The molecule has 0 spiro atoms. The third-order valence-corrected chi connectivity index (χ3v) is 6.43. The highest BCUT2D eigenvalue weighted by molar-refractivity contribution is 7.89. The van der Waals surface area contributed by atoms with Crippen LogP contribution in [0, 0.1) is 19.8 Å². The lowest BCUT2D eigenvalue weighted by atomic mass is 9.87. The molecule has 130 valence electrons. The van der Waals surface area contributed by atoms with Crippen LogP contribution in [0.2, 0.25) is 0 Å². The van der Waals surface area contributed by atoms with Crippen molar-refractivity contribution in [3.63, 3.8) is 0 Å². The second-order valence-electron chi connectivity index (χ2n) is 6.44. The van der Waals surface area contributed by atoms with Crippen LogP contribution in [0.25, 0.3) is 0 Å². The molecule has 1 aliphatic carbocycles. The Morgan fingerprint density at radius 2 is 1.91 bits per heavy atom. The molecular formula is C15H25N3O4S. The molecule has 1 aromatic rings. The zero-order chi connectivity index (χ0) is 17.2. The predicted molar refractivity (Wildman–Crippen MR) is 85.4 cm³/mol. The van der Waals surface area contributed by atoms with Gasteiger partial charge < -0.3 is 9.84 Å². The second kappa shape index (κ2) is 7.00. The molecule has 1 aliphatic rings. The Hall–Kier alpha value is -1.41. The van der Waals surface area contributed by atoms with Crippen molar-refractivity contribution >= 4 is 15.9 Å². The van der Waals surface area contributed by atoms with Gasteiger partial charge in [0.25, 0.3) is 0 Å². The van der Waals surface area contributed by atoms with Gasteiger partial charge in [0, 0.05) is 13.1 Å². The Morgan fingerprint density at radius 3 is 2.43 bits per heavy atom. The van der Waals surface area contributed by atoms with Gasteiger partial charge in [-0.25, -0.2) is 8.42 Å². The summed E-state index contributed by atoms with van der Waals surface area (Å²) >= 11 is 0. The van der Waals surface area contributed by atoms with Gasteiger partial charge in [-0.15, -0.1) is 0 Å². The van der Waals surface area contributed by atoms with Crippen LogP contribution in [-0.4, -0.2) is 43.4 Å². The summed E-state index contributed by atoms with van der Waals surface area (Å²) in [6, 6.07) is 0.147. The number of hydrogen-bond acceptors (Lipinski definition) is 5. The fraction of sp³-hybridized carbons (Fsp3) is 0.733. The fourth-order valence-corrected chi connectivity index (χ4v) is 4.37. The number of aryl methyl sites for hydroxylation is 2. The fourth-order valence-electron chi connectivity index (χ4n) is 2.96. The van der Waals surface area contributed by atoms with E-state index >= 15 is 0 Å². The summed E-state index contributed by atoms with van der Waals surface area (Å²) in [5.74, 6) is 0.657. The summed E-state index contributed by atoms with van der Waals surface area (Å²) in [5.41, 5.74) is 0.302. The molecule has 0 unspecified atom stereocenters. The molecule has 1 saturated carbocycles. The van der Waals surface area contributed by atoms with Crippen molar-refractivity contribution in [2.75, 3.05) is 13.6 Å². The molecule has 1 N–H and O–H groups in total. The molecule has 7 nitrogen and oxygen atoms in total. The van der Waals surface area contributed by atoms with Crippen molar-refractivity contribution in [1.29, 1.82) is 0 Å². The Balaban J connectivity index is 1.98. The van der Waals surface area contributed by atoms with Gasteiger partial charge in [0.05, 0.1) is 6.54 Å². The van der Waals surface area contributed by atoms with Crippen LogP contribution in [0.4, 0.5) is 0 Å². The van der Waals surface area contributed by atoms with E-state index in [0.29, 0.717) is 11.6 Å². The number of carbonyl (C=O) groups is 1. The highest BCUT2D eigenvalue weighted by Crippen LogP contribution is 2.24. The van der Waals surface area contributed by atoms with Gasteiger partial charge in [-0.3, -0.25) is 4.79 Å². The normalized spacial score (nSPS) is 22.3.